The van der Waals surface area contributed by atoms with E-state index in [0.717, 1.165) is 29.7 Å². The Kier molecular flexibility index (Phi) is 4.91. The predicted molar refractivity (Wildman–Crippen MR) is 104 cm³/mol. The molecule has 4 rings (SSSR count). The largest absolute Gasteiger partial charge is 0.348 e. The van der Waals surface area contributed by atoms with Crippen molar-refractivity contribution in [2.45, 2.75) is 30.7 Å². The normalized spacial score (nSPS) is 16.6. The second kappa shape index (κ2) is 7.37. The number of fused-ring (bicyclic) bond motifs is 1. The number of carbonyl (C=O) groups excluding carboxylic acids is 2. The molecule has 0 aliphatic carbocycles. The van der Waals surface area contributed by atoms with Gasteiger partial charge in [0.05, 0.1) is 11.3 Å². The molecule has 2 N–H and O–H groups in total. The summed E-state index contributed by atoms with van der Waals surface area (Å²) in [5, 5.41) is 5.56. The number of anilines is 1. The van der Waals surface area contributed by atoms with Crippen molar-refractivity contribution in [3.8, 4) is 0 Å². The quantitative estimate of drug-likeness (QED) is 0.803. The van der Waals surface area contributed by atoms with Gasteiger partial charge in [-0.2, -0.15) is 4.31 Å². The monoisotopic (exact) mass is 399 g/mol. The maximum atomic E-state index is 12.5. The lowest BCUT2D eigenvalue weighted by Gasteiger charge is -2.15. The molecule has 2 aromatic carbocycles. The van der Waals surface area contributed by atoms with Gasteiger partial charge in [-0.1, -0.05) is 12.1 Å². The van der Waals surface area contributed by atoms with Crippen LogP contribution in [0.15, 0.2) is 47.4 Å². The topological polar surface area (TPSA) is 95.6 Å². The van der Waals surface area contributed by atoms with Crippen LogP contribution in [0.4, 0.5) is 5.69 Å². The number of nitrogens with one attached hydrogen (secondary N) is 2. The summed E-state index contributed by atoms with van der Waals surface area (Å²) in [7, 11) is -3.43. The Morgan fingerprint density at radius 2 is 1.79 bits per heavy atom. The maximum absolute atomic E-state index is 12.5. The summed E-state index contributed by atoms with van der Waals surface area (Å²) in [6.07, 6.45) is 2.08. The summed E-state index contributed by atoms with van der Waals surface area (Å²) < 4.78 is 26.6. The molecule has 2 amide bonds. The average molecular weight is 399 g/mol. The van der Waals surface area contributed by atoms with Crippen LogP contribution in [0.25, 0.3) is 0 Å². The minimum Gasteiger partial charge on any atom is -0.348 e. The van der Waals surface area contributed by atoms with Gasteiger partial charge in [0, 0.05) is 30.9 Å². The van der Waals surface area contributed by atoms with E-state index in [1.807, 2.05) is 0 Å². The molecule has 0 saturated carbocycles. The molecule has 2 aliphatic rings. The third-order valence-electron chi connectivity index (χ3n) is 5.07. The molecule has 0 atom stereocenters. The lowest BCUT2D eigenvalue weighted by molar-refractivity contribution is -0.115. The van der Waals surface area contributed by atoms with E-state index in [9.17, 15) is 18.0 Å². The van der Waals surface area contributed by atoms with Crippen LogP contribution >= 0.6 is 0 Å². The van der Waals surface area contributed by atoms with Crippen LogP contribution in [0.5, 0.6) is 0 Å². The SMILES string of the molecule is O=C1Cc2cc(C(=O)NCc3ccc(S(=O)(=O)N4CCCC4)cc3)ccc2N1. The van der Waals surface area contributed by atoms with Crippen molar-refractivity contribution in [1.29, 1.82) is 0 Å². The van der Waals surface area contributed by atoms with Gasteiger partial charge in [0.15, 0.2) is 0 Å². The minimum absolute atomic E-state index is 0.0727. The Hall–Kier alpha value is -2.71. The fourth-order valence-electron chi connectivity index (χ4n) is 3.51. The predicted octanol–water partition coefficient (Wildman–Crippen LogP) is 1.90. The summed E-state index contributed by atoms with van der Waals surface area (Å²) in [6, 6.07) is 11.7. The molecule has 0 radical (unpaired) electrons. The third kappa shape index (κ3) is 3.65. The second-order valence-electron chi connectivity index (χ2n) is 7.03. The minimum atomic E-state index is -3.43. The standard InChI is InChI=1S/C20H21N3O4S/c24-19-12-16-11-15(5-8-18(16)22-19)20(25)21-13-14-3-6-17(7-4-14)28(26,27)23-9-1-2-10-23/h3-8,11H,1-2,9-10,12-13H2,(H,21,25)(H,22,24). The number of hydrogen-bond acceptors (Lipinski definition) is 4. The van der Waals surface area contributed by atoms with Crippen molar-refractivity contribution < 1.29 is 18.0 Å². The van der Waals surface area contributed by atoms with Gasteiger partial charge in [-0.3, -0.25) is 9.59 Å². The smallest absolute Gasteiger partial charge is 0.251 e. The number of benzene rings is 2. The molecule has 7 nitrogen and oxygen atoms in total. The van der Waals surface area contributed by atoms with Crippen molar-refractivity contribution in [3.63, 3.8) is 0 Å². The van der Waals surface area contributed by atoms with E-state index >= 15 is 0 Å². The van der Waals surface area contributed by atoms with Crippen LogP contribution in [0.1, 0.15) is 34.3 Å². The van der Waals surface area contributed by atoms with Gasteiger partial charge < -0.3 is 10.6 Å². The summed E-state index contributed by atoms with van der Waals surface area (Å²) >= 11 is 0. The van der Waals surface area contributed by atoms with E-state index in [1.165, 1.54) is 4.31 Å². The molecular weight excluding hydrogens is 378 g/mol. The first-order chi connectivity index (χ1) is 13.4. The summed E-state index contributed by atoms with van der Waals surface area (Å²) in [5.41, 5.74) is 2.86. The van der Waals surface area contributed by atoms with Crippen molar-refractivity contribution in [1.82, 2.24) is 9.62 Å². The second-order valence-corrected chi connectivity index (χ2v) is 8.97. The first-order valence-electron chi connectivity index (χ1n) is 9.23. The van der Waals surface area contributed by atoms with Gasteiger partial charge in [-0.05, 0) is 54.3 Å². The molecule has 0 bridgehead atoms. The van der Waals surface area contributed by atoms with Crippen molar-refractivity contribution in [2.24, 2.45) is 0 Å². The first-order valence-corrected chi connectivity index (χ1v) is 10.7. The maximum Gasteiger partial charge on any atom is 0.251 e. The molecule has 0 unspecified atom stereocenters. The molecule has 2 heterocycles. The zero-order chi connectivity index (χ0) is 19.7. The highest BCUT2D eigenvalue weighted by Crippen LogP contribution is 2.24. The number of sulfonamides is 1. The van der Waals surface area contributed by atoms with Crippen LogP contribution in [0.3, 0.4) is 0 Å². The van der Waals surface area contributed by atoms with Gasteiger partial charge in [0.25, 0.3) is 5.91 Å². The molecule has 8 heteroatoms. The Morgan fingerprint density at radius 1 is 1.07 bits per heavy atom. The fourth-order valence-corrected chi connectivity index (χ4v) is 5.03. The number of rotatable bonds is 5. The van der Waals surface area contributed by atoms with Gasteiger partial charge in [-0.25, -0.2) is 8.42 Å². The van der Waals surface area contributed by atoms with E-state index < -0.39 is 10.0 Å². The lowest BCUT2D eigenvalue weighted by Crippen LogP contribution is -2.28. The molecule has 0 spiro atoms. The molecule has 28 heavy (non-hydrogen) atoms. The van der Waals surface area contributed by atoms with Crippen LogP contribution in [-0.2, 0) is 27.8 Å². The zero-order valence-electron chi connectivity index (χ0n) is 15.3. The van der Waals surface area contributed by atoms with Crippen LogP contribution in [0, 0.1) is 0 Å². The van der Waals surface area contributed by atoms with E-state index in [0.29, 0.717) is 18.7 Å². The van der Waals surface area contributed by atoms with E-state index in [-0.39, 0.29) is 29.7 Å². The molecular formula is C20H21N3O4S. The fraction of sp³-hybridized carbons (Fsp3) is 0.300. The summed E-state index contributed by atoms with van der Waals surface area (Å²) in [4.78, 5) is 24.1. The Morgan fingerprint density at radius 3 is 2.50 bits per heavy atom. The molecule has 2 aliphatic heterocycles. The van der Waals surface area contributed by atoms with Crippen LogP contribution < -0.4 is 10.6 Å². The van der Waals surface area contributed by atoms with Gasteiger partial charge in [-0.15, -0.1) is 0 Å². The molecule has 1 fully saturated rings. The van der Waals surface area contributed by atoms with Crippen molar-refractivity contribution >= 4 is 27.5 Å². The van der Waals surface area contributed by atoms with E-state index in [2.05, 4.69) is 10.6 Å². The van der Waals surface area contributed by atoms with Crippen LogP contribution in [-0.4, -0.2) is 37.6 Å². The highest BCUT2D eigenvalue weighted by Gasteiger charge is 2.27. The van der Waals surface area contributed by atoms with E-state index in [1.54, 1.807) is 42.5 Å². The average Bonchev–Trinajstić information content (AvgIpc) is 3.35. The molecule has 1 saturated heterocycles. The molecule has 2 aromatic rings. The Labute approximate surface area is 163 Å². The highest BCUT2D eigenvalue weighted by atomic mass is 32.2. The highest BCUT2D eigenvalue weighted by molar-refractivity contribution is 7.89. The number of hydrogen-bond donors (Lipinski definition) is 2. The van der Waals surface area contributed by atoms with Crippen molar-refractivity contribution in [3.05, 3.63) is 59.2 Å². The van der Waals surface area contributed by atoms with Gasteiger partial charge in [0.2, 0.25) is 15.9 Å². The van der Waals surface area contributed by atoms with Gasteiger partial charge in [0.1, 0.15) is 0 Å². The van der Waals surface area contributed by atoms with Gasteiger partial charge >= 0.3 is 0 Å². The Bertz CT molecular complexity index is 1030. The number of amides is 2. The number of nitrogens with zero attached hydrogens (tertiary/aromatic N) is 1. The van der Waals surface area contributed by atoms with Crippen LogP contribution in [0.2, 0.25) is 0 Å². The Balaban J connectivity index is 1.39. The first kappa shape index (κ1) is 18.6. The number of carbonyl (C=O) groups is 2. The lowest BCUT2D eigenvalue weighted by atomic mass is 10.1. The molecule has 146 valence electrons. The van der Waals surface area contributed by atoms with E-state index in [4.69, 9.17) is 0 Å². The summed E-state index contributed by atoms with van der Waals surface area (Å²) in [6.45, 7) is 1.43. The van der Waals surface area contributed by atoms with Crippen molar-refractivity contribution in [2.75, 3.05) is 18.4 Å². The summed E-state index contributed by atoms with van der Waals surface area (Å²) in [5.74, 6) is -0.313. The third-order valence-corrected chi connectivity index (χ3v) is 6.98. The molecule has 0 aromatic heterocycles. The zero-order valence-corrected chi connectivity index (χ0v) is 16.1.